The first-order valence-electron chi connectivity index (χ1n) is 8.43. The van der Waals surface area contributed by atoms with E-state index in [1.54, 1.807) is 0 Å². The minimum Gasteiger partial charge on any atom is -0.330 e. The molecule has 0 aromatic carbocycles. The molecule has 112 valence electrons. The van der Waals surface area contributed by atoms with Crippen molar-refractivity contribution in [3.8, 4) is 0 Å². The normalized spacial score (nSPS) is 11.9. The Bertz CT molecular complexity index is 206. The summed E-state index contributed by atoms with van der Waals surface area (Å²) in [6.07, 6.45) is 24.9. The highest BCUT2D eigenvalue weighted by molar-refractivity contribution is 5.02. The molecule has 0 rings (SSSR count). The van der Waals surface area contributed by atoms with Crippen LogP contribution in [0.25, 0.3) is 0 Å². The van der Waals surface area contributed by atoms with Gasteiger partial charge >= 0.3 is 0 Å². The van der Waals surface area contributed by atoms with Crippen LogP contribution in [0.2, 0.25) is 0 Å². The van der Waals surface area contributed by atoms with E-state index in [1.165, 1.54) is 77.0 Å². The van der Waals surface area contributed by atoms with Crippen molar-refractivity contribution < 1.29 is 0 Å². The fraction of sp³-hybridized carbons (Fsp3) is 0.778. The van der Waals surface area contributed by atoms with E-state index in [1.807, 2.05) is 0 Å². The van der Waals surface area contributed by atoms with Gasteiger partial charge in [0.2, 0.25) is 0 Å². The molecule has 0 amide bonds. The average Bonchev–Trinajstić information content (AvgIpc) is 2.43. The molecule has 0 unspecified atom stereocenters. The van der Waals surface area contributed by atoms with E-state index >= 15 is 0 Å². The average molecular weight is 265 g/mol. The zero-order chi connectivity index (χ0) is 14.0. The highest BCUT2D eigenvalue weighted by Crippen LogP contribution is 2.06. The van der Waals surface area contributed by atoms with Gasteiger partial charge in [-0.15, -0.1) is 0 Å². The second-order valence-electron chi connectivity index (χ2n) is 5.40. The molecular weight excluding hydrogens is 230 g/mol. The highest BCUT2D eigenvalue weighted by Gasteiger charge is 1.88. The molecule has 1 heteroatoms. The first-order valence-corrected chi connectivity index (χ1v) is 8.43. The van der Waals surface area contributed by atoms with Crippen molar-refractivity contribution in [2.75, 3.05) is 6.54 Å². The zero-order valence-electron chi connectivity index (χ0n) is 13.1. The number of allylic oxidation sites excluding steroid dienone is 4. The molecule has 0 aliphatic heterocycles. The Balaban J connectivity index is 3.15. The summed E-state index contributed by atoms with van der Waals surface area (Å²) in [5.41, 5.74) is 5.46. The van der Waals surface area contributed by atoms with Crippen LogP contribution in [0.3, 0.4) is 0 Å². The Morgan fingerprint density at radius 3 is 1.63 bits per heavy atom. The standard InChI is InChI=1S/C18H35N/c1-2-3-4-5-6-7-8-9-10-11-12-13-14-15-16-17-18-19/h8-11H,2-7,12-19H2,1H3. The van der Waals surface area contributed by atoms with Crippen molar-refractivity contribution in [3.05, 3.63) is 24.3 Å². The van der Waals surface area contributed by atoms with Crippen molar-refractivity contribution >= 4 is 0 Å². The van der Waals surface area contributed by atoms with E-state index in [-0.39, 0.29) is 0 Å². The van der Waals surface area contributed by atoms with Crippen molar-refractivity contribution in [1.29, 1.82) is 0 Å². The molecule has 2 N–H and O–H groups in total. The summed E-state index contributed by atoms with van der Waals surface area (Å²) in [4.78, 5) is 0. The Morgan fingerprint density at radius 1 is 0.632 bits per heavy atom. The third kappa shape index (κ3) is 17.4. The molecule has 0 bridgehead atoms. The molecule has 0 atom stereocenters. The minimum absolute atomic E-state index is 0.850. The molecule has 0 radical (unpaired) electrons. The summed E-state index contributed by atoms with van der Waals surface area (Å²) in [5, 5.41) is 0. The largest absolute Gasteiger partial charge is 0.330 e. The first kappa shape index (κ1) is 18.4. The minimum atomic E-state index is 0.850. The highest BCUT2D eigenvalue weighted by atomic mass is 14.5. The molecule has 0 aliphatic rings. The van der Waals surface area contributed by atoms with Crippen molar-refractivity contribution in [2.24, 2.45) is 5.73 Å². The Hall–Kier alpha value is -0.560. The van der Waals surface area contributed by atoms with Crippen LogP contribution < -0.4 is 5.73 Å². The molecular formula is C18H35N. The van der Waals surface area contributed by atoms with Crippen LogP contribution in [-0.2, 0) is 0 Å². The lowest BCUT2D eigenvalue weighted by Gasteiger charge is -1.97. The molecule has 0 saturated heterocycles. The maximum atomic E-state index is 5.46. The van der Waals surface area contributed by atoms with E-state index in [4.69, 9.17) is 5.73 Å². The van der Waals surface area contributed by atoms with Crippen LogP contribution in [0.1, 0.15) is 84.0 Å². The molecule has 0 fully saturated rings. The second-order valence-corrected chi connectivity index (χ2v) is 5.40. The lowest BCUT2D eigenvalue weighted by atomic mass is 10.1. The second kappa shape index (κ2) is 17.4. The summed E-state index contributed by atoms with van der Waals surface area (Å²) >= 11 is 0. The molecule has 1 nitrogen and oxygen atoms in total. The van der Waals surface area contributed by atoms with Gasteiger partial charge in [-0.25, -0.2) is 0 Å². The van der Waals surface area contributed by atoms with Gasteiger partial charge in [-0.2, -0.15) is 0 Å². The number of unbranched alkanes of at least 4 members (excludes halogenated alkanes) is 10. The molecule has 0 aromatic rings. The Morgan fingerprint density at radius 2 is 1.11 bits per heavy atom. The van der Waals surface area contributed by atoms with E-state index in [2.05, 4.69) is 31.2 Å². The Kier molecular flexibility index (Phi) is 16.9. The van der Waals surface area contributed by atoms with Gasteiger partial charge in [-0.05, 0) is 38.6 Å². The third-order valence-electron chi connectivity index (χ3n) is 3.43. The number of hydrogen-bond acceptors (Lipinski definition) is 1. The lowest BCUT2D eigenvalue weighted by molar-refractivity contribution is 0.622. The first-order chi connectivity index (χ1) is 9.41. The zero-order valence-corrected chi connectivity index (χ0v) is 13.1. The summed E-state index contributed by atoms with van der Waals surface area (Å²) in [6, 6.07) is 0. The molecule has 0 aromatic heterocycles. The van der Waals surface area contributed by atoms with Crippen molar-refractivity contribution in [2.45, 2.75) is 84.0 Å². The van der Waals surface area contributed by atoms with Crippen LogP contribution in [0.4, 0.5) is 0 Å². The van der Waals surface area contributed by atoms with Gasteiger partial charge in [-0.1, -0.05) is 76.2 Å². The van der Waals surface area contributed by atoms with Gasteiger partial charge in [0.05, 0.1) is 0 Å². The molecule has 19 heavy (non-hydrogen) atoms. The van der Waals surface area contributed by atoms with Gasteiger partial charge in [0.15, 0.2) is 0 Å². The van der Waals surface area contributed by atoms with Crippen LogP contribution in [0, 0.1) is 0 Å². The summed E-state index contributed by atoms with van der Waals surface area (Å²) < 4.78 is 0. The van der Waals surface area contributed by atoms with E-state index in [0.29, 0.717) is 0 Å². The number of rotatable bonds is 14. The Labute approximate surface area is 121 Å². The van der Waals surface area contributed by atoms with E-state index in [9.17, 15) is 0 Å². The lowest BCUT2D eigenvalue weighted by Crippen LogP contribution is -1.97. The topological polar surface area (TPSA) is 26.0 Å². The fourth-order valence-electron chi connectivity index (χ4n) is 2.15. The number of hydrogen-bond donors (Lipinski definition) is 1. The van der Waals surface area contributed by atoms with Gasteiger partial charge in [0.25, 0.3) is 0 Å². The summed E-state index contributed by atoms with van der Waals surface area (Å²) in [7, 11) is 0. The monoisotopic (exact) mass is 265 g/mol. The third-order valence-corrected chi connectivity index (χ3v) is 3.43. The van der Waals surface area contributed by atoms with Crippen LogP contribution in [-0.4, -0.2) is 6.54 Å². The van der Waals surface area contributed by atoms with Gasteiger partial charge in [-0.3, -0.25) is 0 Å². The predicted molar refractivity (Wildman–Crippen MR) is 88.4 cm³/mol. The van der Waals surface area contributed by atoms with Crippen molar-refractivity contribution in [3.63, 3.8) is 0 Å². The molecule has 0 saturated carbocycles. The van der Waals surface area contributed by atoms with Crippen molar-refractivity contribution in [1.82, 2.24) is 0 Å². The van der Waals surface area contributed by atoms with Crippen LogP contribution >= 0.6 is 0 Å². The quantitative estimate of drug-likeness (QED) is 0.314. The van der Waals surface area contributed by atoms with Crippen LogP contribution in [0.15, 0.2) is 24.3 Å². The maximum absolute atomic E-state index is 5.46. The van der Waals surface area contributed by atoms with E-state index in [0.717, 1.165) is 6.54 Å². The molecule has 0 aliphatic carbocycles. The summed E-state index contributed by atoms with van der Waals surface area (Å²) in [5.74, 6) is 0. The number of nitrogens with two attached hydrogens (primary N) is 1. The summed E-state index contributed by atoms with van der Waals surface area (Å²) in [6.45, 7) is 3.12. The molecule has 0 spiro atoms. The van der Waals surface area contributed by atoms with Crippen LogP contribution in [0.5, 0.6) is 0 Å². The smallest absolute Gasteiger partial charge is 0.00773 e. The van der Waals surface area contributed by atoms with Gasteiger partial charge < -0.3 is 5.73 Å². The van der Waals surface area contributed by atoms with E-state index < -0.39 is 0 Å². The predicted octanol–water partition coefficient (Wildman–Crippen LogP) is 5.76. The van der Waals surface area contributed by atoms with Gasteiger partial charge in [0, 0.05) is 0 Å². The van der Waals surface area contributed by atoms with Gasteiger partial charge in [0.1, 0.15) is 0 Å². The maximum Gasteiger partial charge on any atom is -0.00773 e. The SMILES string of the molecule is CCCCCCCC=CC=CCCCCCCCN. The molecule has 0 heterocycles. The fourth-order valence-corrected chi connectivity index (χ4v) is 2.15.